The number of ether oxygens (including phenoxy) is 2. The lowest BCUT2D eigenvalue weighted by Gasteiger charge is -2.24. The molecule has 0 heterocycles. The smallest absolute Gasteiger partial charge is 0.323 e. The maximum atomic E-state index is 12.8. The van der Waals surface area contributed by atoms with Gasteiger partial charge in [-0.3, -0.25) is 9.59 Å². The predicted octanol–water partition coefficient (Wildman–Crippen LogP) is 4.87. The fraction of sp³-hybridized carbons (Fsp3) is 0.417. The highest BCUT2D eigenvalue weighted by molar-refractivity contribution is 6.01. The molecular formula is C24H28O4. The van der Waals surface area contributed by atoms with Crippen molar-refractivity contribution in [2.45, 2.75) is 39.5 Å². The SMILES string of the molecule is C=C1CC/C(=C\c2ccccc2)C=C2CC(C(=O)OCC)(C(=O)OCC)C[C@H]12. The molecule has 1 aromatic rings. The van der Waals surface area contributed by atoms with E-state index in [0.29, 0.717) is 12.8 Å². The molecule has 1 saturated carbocycles. The van der Waals surface area contributed by atoms with Crippen LogP contribution in [-0.4, -0.2) is 25.2 Å². The fourth-order valence-electron chi connectivity index (χ4n) is 4.18. The van der Waals surface area contributed by atoms with E-state index in [2.05, 4.69) is 30.9 Å². The van der Waals surface area contributed by atoms with E-state index >= 15 is 0 Å². The standard InChI is InChI=1S/C24H28O4/c1-4-27-22(25)24(23(26)28-5-2)15-20-14-19(12-11-17(3)21(20)16-24)13-18-9-7-6-8-10-18/h6-10,13-14,21H,3-5,11-12,15-16H2,1-2H3/b19-13+/t21-/m1/s1. The van der Waals surface area contributed by atoms with Gasteiger partial charge in [-0.2, -0.15) is 0 Å². The number of allylic oxidation sites excluding steroid dienone is 4. The third-order valence-corrected chi connectivity index (χ3v) is 5.59. The van der Waals surface area contributed by atoms with E-state index in [1.165, 1.54) is 5.57 Å². The van der Waals surface area contributed by atoms with Crippen molar-refractivity contribution in [3.8, 4) is 0 Å². The van der Waals surface area contributed by atoms with Crippen molar-refractivity contribution in [1.82, 2.24) is 0 Å². The molecule has 4 nitrogen and oxygen atoms in total. The molecule has 0 bridgehead atoms. The summed E-state index contributed by atoms with van der Waals surface area (Å²) in [6.07, 6.45) is 6.77. The number of fused-ring (bicyclic) bond motifs is 1. The maximum Gasteiger partial charge on any atom is 0.323 e. The van der Waals surface area contributed by atoms with Crippen LogP contribution in [0.5, 0.6) is 0 Å². The van der Waals surface area contributed by atoms with Gasteiger partial charge in [0.25, 0.3) is 0 Å². The monoisotopic (exact) mass is 380 g/mol. The van der Waals surface area contributed by atoms with E-state index in [-0.39, 0.29) is 19.1 Å². The third-order valence-electron chi connectivity index (χ3n) is 5.59. The summed E-state index contributed by atoms with van der Waals surface area (Å²) in [7, 11) is 0. The minimum Gasteiger partial charge on any atom is -0.465 e. The normalized spacial score (nSPS) is 22.2. The largest absolute Gasteiger partial charge is 0.465 e. The van der Waals surface area contributed by atoms with Crippen LogP contribution in [0.2, 0.25) is 0 Å². The Labute approximate surface area is 166 Å². The van der Waals surface area contributed by atoms with Gasteiger partial charge in [0, 0.05) is 5.92 Å². The quantitative estimate of drug-likeness (QED) is 0.415. The molecule has 0 aromatic heterocycles. The molecule has 4 heteroatoms. The summed E-state index contributed by atoms with van der Waals surface area (Å²) >= 11 is 0. The fourth-order valence-corrected chi connectivity index (χ4v) is 4.18. The first-order valence-corrected chi connectivity index (χ1v) is 9.98. The van der Waals surface area contributed by atoms with E-state index in [1.807, 2.05) is 18.2 Å². The molecule has 1 fully saturated rings. The summed E-state index contributed by atoms with van der Waals surface area (Å²) < 4.78 is 10.6. The molecule has 0 saturated heterocycles. The van der Waals surface area contributed by atoms with Crippen molar-refractivity contribution in [1.29, 1.82) is 0 Å². The van der Waals surface area contributed by atoms with Crippen molar-refractivity contribution in [3.63, 3.8) is 0 Å². The van der Waals surface area contributed by atoms with Gasteiger partial charge in [-0.25, -0.2) is 0 Å². The minimum atomic E-state index is -1.26. The predicted molar refractivity (Wildman–Crippen MR) is 109 cm³/mol. The van der Waals surface area contributed by atoms with Gasteiger partial charge < -0.3 is 9.47 Å². The summed E-state index contributed by atoms with van der Waals surface area (Å²) in [5.74, 6) is -0.955. The Morgan fingerprint density at radius 1 is 1.11 bits per heavy atom. The number of hydrogen-bond donors (Lipinski definition) is 0. The zero-order valence-electron chi connectivity index (χ0n) is 16.7. The van der Waals surface area contributed by atoms with E-state index < -0.39 is 17.4 Å². The lowest BCUT2D eigenvalue weighted by Crippen LogP contribution is -2.40. The van der Waals surface area contributed by atoms with Crippen LogP contribution < -0.4 is 0 Å². The number of hydrogen-bond acceptors (Lipinski definition) is 4. The maximum absolute atomic E-state index is 12.8. The first-order chi connectivity index (χ1) is 13.5. The molecule has 0 aliphatic heterocycles. The second-order valence-electron chi connectivity index (χ2n) is 7.46. The molecule has 0 amide bonds. The summed E-state index contributed by atoms with van der Waals surface area (Å²) in [4.78, 5) is 25.6. The van der Waals surface area contributed by atoms with Crippen LogP contribution in [0, 0.1) is 11.3 Å². The average molecular weight is 380 g/mol. The topological polar surface area (TPSA) is 52.6 Å². The Morgan fingerprint density at radius 2 is 1.75 bits per heavy atom. The Hall–Kier alpha value is -2.62. The van der Waals surface area contributed by atoms with Gasteiger partial charge in [0.2, 0.25) is 0 Å². The van der Waals surface area contributed by atoms with Gasteiger partial charge in [0.1, 0.15) is 0 Å². The molecule has 0 radical (unpaired) electrons. The second kappa shape index (κ2) is 8.59. The van der Waals surface area contributed by atoms with E-state index in [4.69, 9.17) is 9.47 Å². The molecular weight excluding hydrogens is 352 g/mol. The van der Waals surface area contributed by atoms with Crippen molar-refractivity contribution in [2.24, 2.45) is 11.3 Å². The Kier molecular flexibility index (Phi) is 6.18. The van der Waals surface area contributed by atoms with Gasteiger partial charge in [-0.1, -0.05) is 60.2 Å². The zero-order valence-corrected chi connectivity index (χ0v) is 16.7. The number of benzene rings is 1. The van der Waals surface area contributed by atoms with Gasteiger partial charge in [0.05, 0.1) is 13.2 Å². The molecule has 0 N–H and O–H groups in total. The lowest BCUT2D eigenvalue weighted by atomic mass is 9.83. The summed E-state index contributed by atoms with van der Waals surface area (Å²) in [5, 5.41) is 0. The molecule has 3 rings (SSSR count). The van der Waals surface area contributed by atoms with Crippen LogP contribution in [-0.2, 0) is 19.1 Å². The summed E-state index contributed by atoms with van der Waals surface area (Å²) in [5.41, 5.74) is 3.21. The number of esters is 2. The first-order valence-electron chi connectivity index (χ1n) is 9.98. The van der Waals surface area contributed by atoms with E-state index in [9.17, 15) is 9.59 Å². The molecule has 0 unspecified atom stereocenters. The minimum absolute atomic E-state index is 0.00971. The van der Waals surface area contributed by atoms with Crippen LogP contribution in [0.15, 0.2) is 59.7 Å². The van der Waals surface area contributed by atoms with Gasteiger partial charge >= 0.3 is 11.9 Å². The van der Waals surface area contributed by atoms with E-state index in [0.717, 1.165) is 29.6 Å². The van der Waals surface area contributed by atoms with Crippen LogP contribution >= 0.6 is 0 Å². The summed E-state index contributed by atoms with van der Waals surface area (Å²) in [6, 6.07) is 10.2. The highest BCUT2D eigenvalue weighted by atomic mass is 16.6. The van der Waals surface area contributed by atoms with Crippen LogP contribution in [0.25, 0.3) is 6.08 Å². The molecule has 2 aliphatic carbocycles. The number of carbonyl (C=O) groups excluding carboxylic acids is 2. The van der Waals surface area contributed by atoms with E-state index in [1.54, 1.807) is 13.8 Å². The Bertz CT molecular complexity index is 798. The highest BCUT2D eigenvalue weighted by Gasteiger charge is 2.56. The second-order valence-corrected chi connectivity index (χ2v) is 7.46. The molecule has 1 aromatic carbocycles. The summed E-state index contributed by atoms with van der Waals surface area (Å²) in [6.45, 7) is 8.25. The Balaban J connectivity index is 1.98. The van der Waals surface area contributed by atoms with Crippen LogP contribution in [0.3, 0.4) is 0 Å². The first kappa shape index (κ1) is 20.1. The van der Waals surface area contributed by atoms with Gasteiger partial charge in [0.15, 0.2) is 5.41 Å². The van der Waals surface area contributed by atoms with Crippen molar-refractivity contribution in [3.05, 3.63) is 65.3 Å². The van der Waals surface area contributed by atoms with Gasteiger partial charge in [-0.15, -0.1) is 0 Å². The highest BCUT2D eigenvalue weighted by Crippen LogP contribution is 2.52. The van der Waals surface area contributed by atoms with Crippen molar-refractivity contribution < 1.29 is 19.1 Å². The molecule has 28 heavy (non-hydrogen) atoms. The average Bonchev–Trinajstić information content (AvgIpc) is 3.02. The number of rotatable bonds is 5. The number of carbonyl (C=O) groups is 2. The molecule has 148 valence electrons. The molecule has 1 atom stereocenters. The lowest BCUT2D eigenvalue weighted by molar-refractivity contribution is -0.171. The molecule has 0 spiro atoms. The zero-order chi connectivity index (χ0) is 20.1. The molecule has 2 aliphatic rings. The van der Waals surface area contributed by atoms with Crippen molar-refractivity contribution >= 4 is 18.0 Å². The third kappa shape index (κ3) is 3.96. The van der Waals surface area contributed by atoms with Crippen LogP contribution in [0.1, 0.15) is 45.1 Å². The van der Waals surface area contributed by atoms with Crippen LogP contribution in [0.4, 0.5) is 0 Å². The van der Waals surface area contributed by atoms with Gasteiger partial charge in [-0.05, 0) is 50.7 Å². The van der Waals surface area contributed by atoms with Crippen molar-refractivity contribution in [2.75, 3.05) is 13.2 Å². The Morgan fingerprint density at radius 3 is 2.36 bits per heavy atom.